The second-order valence-corrected chi connectivity index (χ2v) is 6.87. The Bertz CT molecular complexity index is 967. The van der Waals surface area contributed by atoms with E-state index in [0.717, 1.165) is 35.8 Å². The van der Waals surface area contributed by atoms with Crippen molar-refractivity contribution >= 4 is 16.7 Å². The predicted octanol–water partition coefficient (Wildman–Crippen LogP) is 4.42. The van der Waals surface area contributed by atoms with Crippen LogP contribution in [0.25, 0.3) is 10.8 Å². The first-order valence-electron chi connectivity index (χ1n) is 9.31. The molecule has 4 heteroatoms. The summed E-state index contributed by atoms with van der Waals surface area (Å²) in [5, 5.41) is 5.24. The molecule has 3 aromatic rings. The van der Waals surface area contributed by atoms with E-state index in [1.165, 1.54) is 11.1 Å². The highest BCUT2D eigenvalue weighted by Gasteiger charge is 2.21. The van der Waals surface area contributed by atoms with Crippen molar-refractivity contribution in [1.82, 2.24) is 5.32 Å². The van der Waals surface area contributed by atoms with Gasteiger partial charge in [0, 0.05) is 0 Å². The number of aryl methyl sites for hydroxylation is 1. The van der Waals surface area contributed by atoms with E-state index in [1.807, 2.05) is 42.5 Å². The van der Waals surface area contributed by atoms with Gasteiger partial charge in [0.25, 0.3) is 5.91 Å². The summed E-state index contributed by atoms with van der Waals surface area (Å²) in [6, 6.07) is 20.1. The molecule has 0 aromatic heterocycles. The Morgan fingerprint density at radius 3 is 2.67 bits per heavy atom. The maximum absolute atomic E-state index is 12.4. The number of carbonyl (C=O) groups excluding carboxylic acids is 1. The zero-order valence-electron chi connectivity index (χ0n) is 15.4. The summed E-state index contributed by atoms with van der Waals surface area (Å²) >= 11 is 0. The van der Waals surface area contributed by atoms with Gasteiger partial charge >= 0.3 is 0 Å². The molecule has 1 atom stereocenters. The molecule has 0 saturated carbocycles. The molecule has 0 radical (unpaired) electrons. The molecule has 3 aromatic carbocycles. The SMILES string of the molecule is COc1ccc2ccc(OCC(=O)N[C@H]3CCCc4ccccc43)cc2c1. The fourth-order valence-electron chi connectivity index (χ4n) is 3.71. The van der Waals surface area contributed by atoms with Crippen LogP contribution in [0.5, 0.6) is 11.5 Å². The fourth-order valence-corrected chi connectivity index (χ4v) is 3.71. The Morgan fingerprint density at radius 1 is 1.04 bits per heavy atom. The van der Waals surface area contributed by atoms with E-state index in [1.54, 1.807) is 7.11 Å². The minimum atomic E-state index is -0.0950. The van der Waals surface area contributed by atoms with E-state index >= 15 is 0 Å². The van der Waals surface area contributed by atoms with E-state index in [-0.39, 0.29) is 18.6 Å². The van der Waals surface area contributed by atoms with Gasteiger partial charge in [-0.25, -0.2) is 0 Å². The molecule has 4 nitrogen and oxygen atoms in total. The standard InChI is InChI=1S/C23H23NO3/c1-26-19-11-9-16-10-12-20(14-18(16)13-19)27-15-23(25)24-22-8-4-6-17-5-2-3-7-21(17)22/h2-3,5,7,9-14,22H,4,6,8,15H2,1H3,(H,24,25)/t22-/m0/s1. The molecule has 1 aliphatic carbocycles. The smallest absolute Gasteiger partial charge is 0.258 e. The Labute approximate surface area is 159 Å². The second kappa shape index (κ2) is 7.70. The number of ether oxygens (including phenoxy) is 2. The average molecular weight is 361 g/mol. The topological polar surface area (TPSA) is 47.6 Å². The van der Waals surface area contributed by atoms with Crippen LogP contribution in [-0.4, -0.2) is 19.6 Å². The lowest BCUT2D eigenvalue weighted by molar-refractivity contribution is -0.123. The normalized spacial score (nSPS) is 15.8. The van der Waals surface area contributed by atoms with Gasteiger partial charge in [0.1, 0.15) is 11.5 Å². The quantitative estimate of drug-likeness (QED) is 0.732. The van der Waals surface area contributed by atoms with E-state index < -0.39 is 0 Å². The first kappa shape index (κ1) is 17.4. The summed E-state index contributed by atoms with van der Waals surface area (Å²) in [5.74, 6) is 1.38. The number of hydrogen-bond acceptors (Lipinski definition) is 3. The Morgan fingerprint density at radius 2 is 1.81 bits per heavy atom. The molecule has 1 amide bonds. The number of benzene rings is 3. The Kier molecular flexibility index (Phi) is 4.97. The Hall–Kier alpha value is -3.01. The molecule has 4 rings (SSSR count). The molecular weight excluding hydrogens is 338 g/mol. The van der Waals surface area contributed by atoms with Gasteiger partial charge in [0.15, 0.2) is 6.61 Å². The van der Waals surface area contributed by atoms with Crippen LogP contribution >= 0.6 is 0 Å². The molecule has 27 heavy (non-hydrogen) atoms. The van der Waals surface area contributed by atoms with Crippen LogP contribution in [0.2, 0.25) is 0 Å². The molecular formula is C23H23NO3. The molecule has 1 aliphatic rings. The van der Waals surface area contributed by atoms with E-state index in [0.29, 0.717) is 5.75 Å². The summed E-state index contributed by atoms with van der Waals surface area (Å²) in [6.07, 6.45) is 3.15. The number of methoxy groups -OCH3 is 1. The van der Waals surface area contributed by atoms with Crippen molar-refractivity contribution in [3.63, 3.8) is 0 Å². The van der Waals surface area contributed by atoms with Crippen molar-refractivity contribution in [3.8, 4) is 11.5 Å². The van der Waals surface area contributed by atoms with Crippen LogP contribution in [0.15, 0.2) is 60.7 Å². The van der Waals surface area contributed by atoms with Gasteiger partial charge in [-0.2, -0.15) is 0 Å². The maximum atomic E-state index is 12.4. The molecule has 138 valence electrons. The van der Waals surface area contributed by atoms with E-state index in [9.17, 15) is 4.79 Å². The molecule has 0 fully saturated rings. The first-order chi connectivity index (χ1) is 13.2. The van der Waals surface area contributed by atoms with Gasteiger partial charge in [0.05, 0.1) is 13.2 Å². The third kappa shape index (κ3) is 3.90. The third-order valence-electron chi connectivity index (χ3n) is 5.09. The van der Waals surface area contributed by atoms with Crippen LogP contribution in [0, 0.1) is 0 Å². The molecule has 0 spiro atoms. The van der Waals surface area contributed by atoms with Crippen molar-refractivity contribution in [2.75, 3.05) is 13.7 Å². The van der Waals surface area contributed by atoms with E-state index in [4.69, 9.17) is 9.47 Å². The van der Waals surface area contributed by atoms with Gasteiger partial charge < -0.3 is 14.8 Å². The zero-order chi connectivity index (χ0) is 18.6. The third-order valence-corrected chi connectivity index (χ3v) is 5.09. The number of nitrogens with one attached hydrogen (secondary N) is 1. The molecule has 0 aliphatic heterocycles. The second-order valence-electron chi connectivity index (χ2n) is 6.87. The monoisotopic (exact) mass is 361 g/mol. The van der Waals surface area contributed by atoms with Crippen LogP contribution in [0.4, 0.5) is 0 Å². The molecule has 1 N–H and O–H groups in total. The summed E-state index contributed by atoms with van der Waals surface area (Å²) in [6.45, 7) is 0.00808. The van der Waals surface area contributed by atoms with Gasteiger partial charge in [-0.15, -0.1) is 0 Å². The predicted molar refractivity (Wildman–Crippen MR) is 106 cm³/mol. The van der Waals surface area contributed by atoms with Gasteiger partial charge in [-0.1, -0.05) is 36.4 Å². The van der Waals surface area contributed by atoms with Gasteiger partial charge in [0.2, 0.25) is 0 Å². The highest BCUT2D eigenvalue weighted by Crippen LogP contribution is 2.29. The lowest BCUT2D eigenvalue weighted by atomic mass is 9.88. The van der Waals surface area contributed by atoms with Crippen LogP contribution in [0.3, 0.4) is 0 Å². The van der Waals surface area contributed by atoms with Crippen molar-refractivity contribution in [2.24, 2.45) is 0 Å². The molecule has 0 bridgehead atoms. The van der Waals surface area contributed by atoms with Crippen molar-refractivity contribution < 1.29 is 14.3 Å². The maximum Gasteiger partial charge on any atom is 0.258 e. The highest BCUT2D eigenvalue weighted by molar-refractivity contribution is 5.85. The number of amides is 1. The van der Waals surface area contributed by atoms with Crippen molar-refractivity contribution in [3.05, 3.63) is 71.8 Å². The van der Waals surface area contributed by atoms with E-state index in [2.05, 4.69) is 23.5 Å². The number of hydrogen-bond donors (Lipinski definition) is 1. The molecule has 0 saturated heterocycles. The summed E-state index contributed by atoms with van der Waals surface area (Å²) in [7, 11) is 1.65. The lowest BCUT2D eigenvalue weighted by Gasteiger charge is -2.26. The zero-order valence-corrected chi connectivity index (χ0v) is 15.4. The number of fused-ring (bicyclic) bond motifs is 2. The average Bonchev–Trinajstić information content (AvgIpc) is 2.72. The van der Waals surface area contributed by atoms with Crippen molar-refractivity contribution in [1.29, 1.82) is 0 Å². The summed E-state index contributed by atoms with van der Waals surface area (Å²) in [5.41, 5.74) is 2.56. The minimum Gasteiger partial charge on any atom is -0.497 e. The summed E-state index contributed by atoms with van der Waals surface area (Å²) in [4.78, 5) is 12.4. The number of rotatable bonds is 5. The fraction of sp³-hybridized carbons (Fsp3) is 0.261. The molecule has 0 heterocycles. The number of carbonyl (C=O) groups is 1. The van der Waals surface area contributed by atoms with Crippen LogP contribution in [0.1, 0.15) is 30.0 Å². The van der Waals surface area contributed by atoms with Crippen LogP contribution < -0.4 is 14.8 Å². The minimum absolute atomic E-state index is 0.00808. The van der Waals surface area contributed by atoms with Gasteiger partial charge in [-0.05, 0) is 65.4 Å². The van der Waals surface area contributed by atoms with Gasteiger partial charge in [-0.3, -0.25) is 4.79 Å². The molecule has 0 unspecified atom stereocenters. The highest BCUT2D eigenvalue weighted by atomic mass is 16.5. The lowest BCUT2D eigenvalue weighted by Crippen LogP contribution is -2.34. The van der Waals surface area contributed by atoms with Crippen molar-refractivity contribution in [2.45, 2.75) is 25.3 Å². The summed E-state index contributed by atoms with van der Waals surface area (Å²) < 4.78 is 11.0. The largest absolute Gasteiger partial charge is 0.497 e. The Balaban J connectivity index is 1.40. The first-order valence-corrected chi connectivity index (χ1v) is 9.31. The van der Waals surface area contributed by atoms with Crippen LogP contribution in [-0.2, 0) is 11.2 Å².